The van der Waals surface area contributed by atoms with Gasteiger partial charge in [-0.15, -0.1) is 11.3 Å². The number of benzene rings is 1. The number of rotatable bonds is 6. The first-order valence-electron chi connectivity index (χ1n) is 9.68. The van der Waals surface area contributed by atoms with Crippen LogP contribution >= 0.6 is 11.3 Å². The number of carbonyl (C=O) groups is 4. The van der Waals surface area contributed by atoms with Crippen LogP contribution in [-0.2, 0) is 14.4 Å². The van der Waals surface area contributed by atoms with E-state index in [2.05, 4.69) is 0 Å². The van der Waals surface area contributed by atoms with Crippen LogP contribution in [-0.4, -0.2) is 40.2 Å². The Kier molecular flexibility index (Phi) is 6.07. The predicted molar refractivity (Wildman–Crippen MR) is 114 cm³/mol. The summed E-state index contributed by atoms with van der Waals surface area (Å²) in [5, 5.41) is 1.81. The Morgan fingerprint density at radius 3 is 2.40 bits per heavy atom. The highest BCUT2D eigenvalue weighted by Crippen LogP contribution is 2.33. The van der Waals surface area contributed by atoms with Crippen LogP contribution in [0.2, 0.25) is 0 Å². The van der Waals surface area contributed by atoms with Crippen LogP contribution in [0.15, 0.2) is 41.8 Å². The van der Waals surface area contributed by atoms with E-state index in [0.717, 1.165) is 4.90 Å². The second-order valence-electron chi connectivity index (χ2n) is 7.69. The fourth-order valence-electron chi connectivity index (χ4n) is 3.45. The van der Waals surface area contributed by atoms with Gasteiger partial charge in [0.2, 0.25) is 5.91 Å². The molecule has 0 radical (unpaired) electrons. The number of anilines is 1. The third-order valence-electron chi connectivity index (χ3n) is 5.26. The maximum Gasteiger partial charge on any atom is 0.308 e. The number of esters is 1. The second-order valence-corrected chi connectivity index (χ2v) is 8.64. The molecule has 158 valence electrons. The molecule has 0 saturated carbocycles. The smallest absolute Gasteiger partial charge is 0.308 e. The minimum absolute atomic E-state index is 0.0783. The number of imide groups is 1. The molecular weight excluding hydrogens is 404 g/mol. The molecule has 30 heavy (non-hydrogen) atoms. The van der Waals surface area contributed by atoms with Crippen LogP contribution in [0.4, 0.5) is 5.69 Å². The molecule has 1 aliphatic heterocycles. The molecule has 1 aromatic heterocycles. The minimum Gasteiger partial charge on any atom is -0.427 e. The third-order valence-corrected chi connectivity index (χ3v) is 6.12. The van der Waals surface area contributed by atoms with Gasteiger partial charge in [-0.3, -0.25) is 19.2 Å². The lowest BCUT2D eigenvalue weighted by Crippen LogP contribution is -2.55. The quantitative estimate of drug-likeness (QED) is 0.398. The lowest BCUT2D eigenvalue weighted by molar-refractivity contribution is -0.132. The number of thiophene rings is 1. The Hall–Kier alpha value is -3.00. The van der Waals surface area contributed by atoms with Gasteiger partial charge in [0.05, 0.1) is 17.0 Å². The number of nitrogens with zero attached hydrogens (tertiary/aromatic N) is 2. The number of ether oxygens (including phenoxy) is 1. The average Bonchev–Trinajstić information content (AvgIpc) is 3.31. The van der Waals surface area contributed by atoms with Gasteiger partial charge in [-0.2, -0.15) is 0 Å². The molecule has 7 nitrogen and oxygen atoms in total. The highest BCUT2D eigenvalue weighted by atomic mass is 32.1. The van der Waals surface area contributed by atoms with E-state index in [4.69, 9.17) is 4.74 Å². The Labute approximate surface area is 179 Å². The van der Waals surface area contributed by atoms with Gasteiger partial charge >= 0.3 is 5.97 Å². The number of hydrogen-bond donors (Lipinski definition) is 0. The fourth-order valence-corrected chi connectivity index (χ4v) is 4.11. The van der Waals surface area contributed by atoms with Crippen molar-refractivity contribution in [2.45, 2.75) is 52.1 Å². The van der Waals surface area contributed by atoms with E-state index in [1.807, 2.05) is 26.2 Å². The summed E-state index contributed by atoms with van der Waals surface area (Å²) < 4.78 is 5.00. The summed E-state index contributed by atoms with van der Waals surface area (Å²) in [5.74, 6) is -1.20. The lowest BCUT2D eigenvalue weighted by atomic mass is 9.95. The standard InChI is InChI=1S/C22H24N2O5S/c1-5-22(3,4)24(21(28)18-7-6-12-30-18)17-13-19(26)23(20(17)27)15-8-10-16(11-9-15)29-14(2)25/h6-12,17H,5,13H2,1-4H3. The van der Waals surface area contributed by atoms with E-state index < -0.39 is 23.5 Å². The molecule has 3 rings (SSSR count). The Bertz CT molecular complexity index is 966. The van der Waals surface area contributed by atoms with E-state index in [-0.39, 0.29) is 18.2 Å². The van der Waals surface area contributed by atoms with Crippen molar-refractivity contribution in [1.29, 1.82) is 0 Å². The molecule has 2 heterocycles. The van der Waals surface area contributed by atoms with Gasteiger partial charge in [0, 0.05) is 12.5 Å². The van der Waals surface area contributed by atoms with Crippen LogP contribution in [0.5, 0.6) is 5.75 Å². The van der Waals surface area contributed by atoms with Crippen molar-refractivity contribution in [2.75, 3.05) is 4.90 Å². The molecule has 1 saturated heterocycles. The van der Waals surface area contributed by atoms with Crippen molar-refractivity contribution >= 4 is 40.7 Å². The molecule has 1 fully saturated rings. The Balaban J connectivity index is 1.92. The summed E-state index contributed by atoms with van der Waals surface area (Å²) in [6.07, 6.45) is 0.546. The van der Waals surface area contributed by atoms with E-state index in [9.17, 15) is 19.2 Å². The molecule has 1 unspecified atom stereocenters. The second kappa shape index (κ2) is 8.39. The topological polar surface area (TPSA) is 84.0 Å². The van der Waals surface area contributed by atoms with Gasteiger partial charge in [0.15, 0.2) is 0 Å². The molecule has 2 aromatic rings. The summed E-state index contributed by atoms with van der Waals surface area (Å²) in [5.41, 5.74) is -0.238. The van der Waals surface area contributed by atoms with E-state index >= 15 is 0 Å². The van der Waals surface area contributed by atoms with Crippen LogP contribution in [0.1, 0.15) is 50.2 Å². The van der Waals surface area contributed by atoms with Gasteiger partial charge in [-0.25, -0.2) is 4.90 Å². The monoisotopic (exact) mass is 428 g/mol. The van der Waals surface area contributed by atoms with Gasteiger partial charge in [-0.05, 0) is 56.0 Å². The normalized spacial score (nSPS) is 16.7. The third kappa shape index (κ3) is 4.14. The van der Waals surface area contributed by atoms with E-state index in [1.54, 1.807) is 29.2 Å². The number of amides is 3. The van der Waals surface area contributed by atoms with Gasteiger partial charge in [0.1, 0.15) is 11.8 Å². The first kappa shape index (κ1) is 21.7. The molecular formula is C22H24N2O5S. The molecule has 0 N–H and O–H groups in total. The summed E-state index contributed by atoms with van der Waals surface area (Å²) >= 11 is 1.31. The SMILES string of the molecule is CCC(C)(C)N(C(=O)c1cccs1)C1CC(=O)N(c2ccc(OC(C)=O)cc2)C1=O. The highest BCUT2D eigenvalue weighted by molar-refractivity contribution is 7.12. The molecule has 8 heteroatoms. The fraction of sp³-hybridized carbons (Fsp3) is 0.364. The van der Waals surface area contributed by atoms with Crippen molar-refractivity contribution in [3.8, 4) is 5.75 Å². The van der Waals surface area contributed by atoms with Crippen molar-refractivity contribution in [2.24, 2.45) is 0 Å². The van der Waals surface area contributed by atoms with Crippen molar-refractivity contribution < 1.29 is 23.9 Å². The maximum atomic E-state index is 13.3. The van der Waals surface area contributed by atoms with Crippen LogP contribution in [0.3, 0.4) is 0 Å². The summed E-state index contributed by atoms with van der Waals surface area (Å²) in [6.45, 7) is 7.03. The highest BCUT2D eigenvalue weighted by Gasteiger charge is 2.48. The largest absolute Gasteiger partial charge is 0.427 e. The molecule has 3 amide bonds. The summed E-state index contributed by atoms with van der Waals surface area (Å²) in [6, 6.07) is 8.77. The molecule has 0 aliphatic carbocycles. The zero-order valence-electron chi connectivity index (χ0n) is 17.4. The van der Waals surface area contributed by atoms with Crippen LogP contribution in [0.25, 0.3) is 0 Å². The molecule has 1 aromatic carbocycles. The van der Waals surface area contributed by atoms with E-state index in [0.29, 0.717) is 22.7 Å². The zero-order chi connectivity index (χ0) is 22.1. The molecule has 1 aliphatic rings. The Morgan fingerprint density at radius 1 is 1.20 bits per heavy atom. The zero-order valence-corrected chi connectivity index (χ0v) is 18.2. The summed E-state index contributed by atoms with van der Waals surface area (Å²) in [7, 11) is 0. The van der Waals surface area contributed by atoms with Gasteiger partial charge in [0.25, 0.3) is 11.8 Å². The number of hydrogen-bond acceptors (Lipinski definition) is 6. The predicted octanol–water partition coefficient (Wildman–Crippen LogP) is 3.64. The molecule has 1 atom stereocenters. The average molecular weight is 429 g/mol. The van der Waals surface area contributed by atoms with Crippen LogP contribution < -0.4 is 9.64 Å². The Morgan fingerprint density at radius 2 is 1.87 bits per heavy atom. The first-order valence-corrected chi connectivity index (χ1v) is 10.6. The van der Waals surface area contributed by atoms with Crippen LogP contribution in [0, 0.1) is 0 Å². The lowest BCUT2D eigenvalue weighted by Gasteiger charge is -2.41. The maximum absolute atomic E-state index is 13.3. The molecule has 0 bridgehead atoms. The van der Waals surface area contributed by atoms with Crippen molar-refractivity contribution in [3.05, 3.63) is 46.7 Å². The molecule has 0 spiro atoms. The van der Waals surface area contributed by atoms with Gasteiger partial charge < -0.3 is 9.64 Å². The van der Waals surface area contributed by atoms with E-state index in [1.165, 1.54) is 30.4 Å². The first-order chi connectivity index (χ1) is 14.2. The summed E-state index contributed by atoms with van der Waals surface area (Å²) in [4.78, 5) is 53.6. The van der Waals surface area contributed by atoms with Crippen molar-refractivity contribution in [3.63, 3.8) is 0 Å². The van der Waals surface area contributed by atoms with Crippen molar-refractivity contribution in [1.82, 2.24) is 4.90 Å². The minimum atomic E-state index is -0.879. The number of carbonyl (C=O) groups excluding carboxylic acids is 4. The van der Waals surface area contributed by atoms with Gasteiger partial charge in [-0.1, -0.05) is 13.0 Å².